The van der Waals surface area contributed by atoms with E-state index in [1.807, 2.05) is 7.05 Å². The van der Waals surface area contributed by atoms with Crippen molar-refractivity contribution in [3.63, 3.8) is 0 Å². The molecule has 6 nitrogen and oxygen atoms in total. The first-order valence-electron chi connectivity index (χ1n) is 10.7. The Hall–Kier alpha value is -1.69. The second-order valence-electron chi connectivity index (χ2n) is 8.55. The molecule has 1 atom stereocenters. The summed E-state index contributed by atoms with van der Waals surface area (Å²) in [6, 6.07) is 0.0460. The van der Waals surface area contributed by atoms with Gasteiger partial charge >= 0.3 is 0 Å². The van der Waals surface area contributed by atoms with Gasteiger partial charge < -0.3 is 15.1 Å². The van der Waals surface area contributed by atoms with Crippen molar-refractivity contribution in [1.82, 2.24) is 19.8 Å². The van der Waals surface area contributed by atoms with Gasteiger partial charge in [0.25, 0.3) is 0 Å². The Bertz CT molecular complexity index is 668. The summed E-state index contributed by atoms with van der Waals surface area (Å²) in [4.78, 5) is 27.3. The Morgan fingerprint density at radius 3 is 2.67 bits per heavy atom. The van der Waals surface area contributed by atoms with Gasteiger partial charge in [-0.3, -0.25) is 4.79 Å². The first kappa shape index (κ1) is 18.7. The number of likely N-dealkylation sites (N-methyl/N-ethyl adjacent to an activating group) is 1. The Labute approximate surface area is 162 Å². The first-order valence-corrected chi connectivity index (χ1v) is 10.7. The van der Waals surface area contributed by atoms with Gasteiger partial charge in [-0.15, -0.1) is 0 Å². The summed E-state index contributed by atoms with van der Waals surface area (Å²) in [5.74, 6) is 2.70. The fourth-order valence-electron chi connectivity index (χ4n) is 5.00. The van der Waals surface area contributed by atoms with E-state index in [9.17, 15) is 4.79 Å². The standard InChI is InChI=1S/C21H33N5O/c1-22-20-16-14-25(2)12-10-17(16)23-21(24-20)18-9-5-6-11-26(18)19(27)13-15-7-3-4-8-15/h15,18H,3-14H2,1-2H3,(H,22,23,24)/t18-/m0/s1. The van der Waals surface area contributed by atoms with Crippen molar-refractivity contribution in [2.24, 2.45) is 5.92 Å². The number of likely N-dealkylation sites (tertiary alicyclic amines) is 1. The maximum absolute atomic E-state index is 13.1. The van der Waals surface area contributed by atoms with Crippen LogP contribution in [0.4, 0.5) is 5.82 Å². The van der Waals surface area contributed by atoms with Crippen molar-refractivity contribution in [3.8, 4) is 0 Å². The Kier molecular flexibility index (Phi) is 5.62. The smallest absolute Gasteiger partial charge is 0.223 e. The number of nitrogens with one attached hydrogen (secondary N) is 1. The third-order valence-electron chi connectivity index (χ3n) is 6.56. The van der Waals surface area contributed by atoms with Crippen LogP contribution in [0.5, 0.6) is 0 Å². The molecule has 148 valence electrons. The lowest BCUT2D eigenvalue weighted by Crippen LogP contribution is -2.40. The lowest BCUT2D eigenvalue weighted by molar-refractivity contribution is -0.136. The summed E-state index contributed by atoms with van der Waals surface area (Å²) in [6.07, 6.45) is 9.91. The highest BCUT2D eigenvalue weighted by Crippen LogP contribution is 2.34. The Morgan fingerprint density at radius 1 is 1.11 bits per heavy atom. The molecule has 3 heterocycles. The summed E-state index contributed by atoms with van der Waals surface area (Å²) < 4.78 is 0. The topological polar surface area (TPSA) is 61.4 Å². The van der Waals surface area contributed by atoms with E-state index in [0.717, 1.165) is 62.7 Å². The number of hydrogen-bond acceptors (Lipinski definition) is 5. The van der Waals surface area contributed by atoms with Crippen molar-refractivity contribution >= 4 is 11.7 Å². The zero-order valence-corrected chi connectivity index (χ0v) is 16.8. The molecule has 0 bridgehead atoms. The highest BCUT2D eigenvalue weighted by atomic mass is 16.2. The van der Waals surface area contributed by atoms with Crippen LogP contribution in [0.2, 0.25) is 0 Å². The Morgan fingerprint density at radius 2 is 1.89 bits per heavy atom. The monoisotopic (exact) mass is 371 g/mol. The third kappa shape index (κ3) is 3.96. The van der Waals surface area contributed by atoms with Gasteiger partial charge in [-0.1, -0.05) is 12.8 Å². The number of aromatic nitrogens is 2. The molecule has 1 saturated heterocycles. The quantitative estimate of drug-likeness (QED) is 0.881. The molecular formula is C21H33N5O. The van der Waals surface area contributed by atoms with Crippen LogP contribution < -0.4 is 5.32 Å². The van der Waals surface area contributed by atoms with Crippen molar-refractivity contribution in [1.29, 1.82) is 0 Å². The van der Waals surface area contributed by atoms with Crippen LogP contribution in [-0.4, -0.2) is 52.9 Å². The number of carbonyl (C=O) groups excluding carboxylic acids is 1. The number of rotatable bonds is 4. The maximum Gasteiger partial charge on any atom is 0.223 e. The van der Waals surface area contributed by atoms with Gasteiger partial charge in [0, 0.05) is 45.1 Å². The molecule has 4 rings (SSSR count). The Balaban J connectivity index is 1.58. The summed E-state index contributed by atoms with van der Waals surface area (Å²) in [5.41, 5.74) is 2.38. The molecule has 0 radical (unpaired) electrons. The molecule has 27 heavy (non-hydrogen) atoms. The van der Waals surface area contributed by atoms with Crippen LogP contribution in [0, 0.1) is 5.92 Å². The van der Waals surface area contributed by atoms with E-state index >= 15 is 0 Å². The van der Waals surface area contributed by atoms with E-state index in [0.29, 0.717) is 18.2 Å². The van der Waals surface area contributed by atoms with Crippen LogP contribution in [0.25, 0.3) is 0 Å². The summed E-state index contributed by atoms with van der Waals surface area (Å²) in [6.45, 7) is 2.77. The molecule has 3 aliphatic rings. The summed E-state index contributed by atoms with van der Waals surface area (Å²) >= 11 is 0. The average Bonchev–Trinajstić information content (AvgIpc) is 3.20. The molecule has 0 unspecified atom stereocenters. The highest BCUT2D eigenvalue weighted by molar-refractivity contribution is 5.77. The van der Waals surface area contributed by atoms with Gasteiger partial charge in [-0.05, 0) is 45.1 Å². The van der Waals surface area contributed by atoms with Crippen molar-refractivity contribution < 1.29 is 4.79 Å². The van der Waals surface area contributed by atoms with Crippen molar-refractivity contribution in [3.05, 3.63) is 17.1 Å². The predicted octanol–water partition coefficient (Wildman–Crippen LogP) is 3.14. The summed E-state index contributed by atoms with van der Waals surface area (Å²) in [7, 11) is 4.08. The number of fused-ring (bicyclic) bond motifs is 1. The molecule has 2 aliphatic heterocycles. The largest absolute Gasteiger partial charge is 0.373 e. The van der Waals surface area contributed by atoms with Crippen LogP contribution in [-0.2, 0) is 17.8 Å². The van der Waals surface area contributed by atoms with E-state index in [2.05, 4.69) is 22.2 Å². The predicted molar refractivity (Wildman–Crippen MR) is 106 cm³/mol. The van der Waals surface area contributed by atoms with Gasteiger partial charge in [0.1, 0.15) is 5.82 Å². The second kappa shape index (κ2) is 8.13. The van der Waals surface area contributed by atoms with Gasteiger partial charge in [0.15, 0.2) is 5.82 Å². The van der Waals surface area contributed by atoms with E-state index in [-0.39, 0.29) is 6.04 Å². The SMILES string of the molecule is CNc1nc([C@@H]2CCCCN2C(=O)CC2CCCC2)nc2c1CN(C)CC2. The molecule has 1 amide bonds. The van der Waals surface area contributed by atoms with E-state index in [1.165, 1.54) is 31.2 Å². The minimum Gasteiger partial charge on any atom is -0.373 e. The van der Waals surface area contributed by atoms with Gasteiger partial charge in [-0.25, -0.2) is 9.97 Å². The van der Waals surface area contributed by atoms with Crippen LogP contribution in [0.3, 0.4) is 0 Å². The van der Waals surface area contributed by atoms with Crippen LogP contribution in [0.1, 0.15) is 74.5 Å². The normalized spacial score (nSPS) is 24.1. The molecule has 1 aliphatic carbocycles. The van der Waals surface area contributed by atoms with Crippen molar-refractivity contribution in [2.75, 3.05) is 32.5 Å². The first-order chi connectivity index (χ1) is 13.2. The lowest BCUT2D eigenvalue weighted by atomic mass is 9.97. The van der Waals surface area contributed by atoms with Gasteiger partial charge in [0.05, 0.1) is 11.7 Å². The van der Waals surface area contributed by atoms with E-state index in [4.69, 9.17) is 9.97 Å². The zero-order valence-electron chi connectivity index (χ0n) is 16.8. The summed E-state index contributed by atoms with van der Waals surface area (Å²) in [5, 5.41) is 3.28. The lowest BCUT2D eigenvalue weighted by Gasteiger charge is -2.36. The molecule has 1 aromatic heterocycles. The number of piperidine rings is 1. The number of anilines is 1. The van der Waals surface area contributed by atoms with Crippen LogP contribution >= 0.6 is 0 Å². The minimum absolute atomic E-state index is 0.0460. The van der Waals surface area contributed by atoms with Gasteiger partial charge in [-0.2, -0.15) is 0 Å². The molecule has 6 heteroatoms. The van der Waals surface area contributed by atoms with Gasteiger partial charge in [0.2, 0.25) is 5.91 Å². The second-order valence-corrected chi connectivity index (χ2v) is 8.55. The highest BCUT2D eigenvalue weighted by Gasteiger charge is 2.33. The molecule has 2 fully saturated rings. The number of amides is 1. The average molecular weight is 372 g/mol. The molecule has 1 saturated carbocycles. The minimum atomic E-state index is 0.0460. The number of nitrogens with zero attached hydrogens (tertiary/aromatic N) is 4. The zero-order chi connectivity index (χ0) is 18.8. The van der Waals surface area contributed by atoms with Crippen molar-refractivity contribution in [2.45, 2.75) is 70.4 Å². The molecule has 0 aromatic carbocycles. The fourth-order valence-corrected chi connectivity index (χ4v) is 5.00. The molecule has 1 N–H and O–H groups in total. The van der Waals surface area contributed by atoms with E-state index in [1.54, 1.807) is 0 Å². The third-order valence-corrected chi connectivity index (χ3v) is 6.56. The fraction of sp³-hybridized carbons (Fsp3) is 0.762. The number of carbonyl (C=O) groups is 1. The van der Waals surface area contributed by atoms with Crippen LogP contribution in [0.15, 0.2) is 0 Å². The molecular weight excluding hydrogens is 338 g/mol. The molecule has 1 aromatic rings. The number of hydrogen-bond donors (Lipinski definition) is 1. The van der Waals surface area contributed by atoms with E-state index < -0.39 is 0 Å². The molecule has 0 spiro atoms. The maximum atomic E-state index is 13.1.